The maximum absolute atomic E-state index is 6.25. The van der Waals surface area contributed by atoms with Gasteiger partial charge in [0.05, 0.1) is 24.3 Å². The Morgan fingerprint density at radius 2 is 2.18 bits per heavy atom. The van der Waals surface area contributed by atoms with E-state index in [0.29, 0.717) is 0 Å². The van der Waals surface area contributed by atoms with Gasteiger partial charge in [0.2, 0.25) is 0 Å². The van der Waals surface area contributed by atoms with Gasteiger partial charge in [0, 0.05) is 12.1 Å². The lowest BCUT2D eigenvalue weighted by molar-refractivity contribution is 0.594. The van der Waals surface area contributed by atoms with E-state index >= 15 is 0 Å². The summed E-state index contributed by atoms with van der Waals surface area (Å²) in [5, 5.41) is 4.22. The van der Waals surface area contributed by atoms with E-state index in [1.807, 2.05) is 42.1 Å². The van der Waals surface area contributed by atoms with Crippen molar-refractivity contribution in [2.45, 2.75) is 13.0 Å². The van der Waals surface area contributed by atoms with Gasteiger partial charge in [-0.1, -0.05) is 36.7 Å². The second-order valence-corrected chi connectivity index (χ2v) is 4.35. The number of hydrogen-bond donors (Lipinski definition) is 1. The molecule has 0 radical (unpaired) electrons. The van der Waals surface area contributed by atoms with E-state index < -0.39 is 0 Å². The lowest BCUT2D eigenvalue weighted by Crippen LogP contribution is -2.24. The fourth-order valence-corrected chi connectivity index (χ4v) is 2.18. The monoisotopic (exact) mass is 249 g/mol. The average Bonchev–Trinajstić information content (AvgIpc) is 2.74. The predicted molar refractivity (Wildman–Crippen MR) is 70.2 cm³/mol. The second kappa shape index (κ2) is 5.34. The Hall–Kier alpha value is -1.32. The molecular weight excluding hydrogens is 234 g/mol. The van der Waals surface area contributed by atoms with Crippen LogP contribution in [0.3, 0.4) is 0 Å². The zero-order valence-electron chi connectivity index (χ0n) is 10.0. The van der Waals surface area contributed by atoms with E-state index in [1.54, 1.807) is 6.33 Å². The highest BCUT2D eigenvalue weighted by atomic mass is 35.5. The van der Waals surface area contributed by atoms with Crippen molar-refractivity contribution in [2.24, 2.45) is 7.05 Å². The van der Waals surface area contributed by atoms with Crippen LogP contribution in [-0.2, 0) is 7.05 Å². The Morgan fingerprint density at radius 3 is 2.76 bits per heavy atom. The molecule has 2 aromatic rings. The molecule has 90 valence electrons. The van der Waals surface area contributed by atoms with Crippen molar-refractivity contribution in [1.82, 2.24) is 14.9 Å². The lowest BCUT2D eigenvalue weighted by Gasteiger charge is -2.19. The molecule has 1 atom stereocenters. The van der Waals surface area contributed by atoms with Gasteiger partial charge in [0.1, 0.15) is 0 Å². The van der Waals surface area contributed by atoms with Gasteiger partial charge in [0.15, 0.2) is 0 Å². The van der Waals surface area contributed by atoms with Gasteiger partial charge < -0.3 is 9.88 Å². The quantitative estimate of drug-likeness (QED) is 0.903. The Balaban J connectivity index is 2.43. The number of nitrogens with zero attached hydrogens (tertiary/aromatic N) is 2. The van der Waals surface area contributed by atoms with Crippen LogP contribution in [0.2, 0.25) is 5.02 Å². The first-order valence-corrected chi connectivity index (χ1v) is 6.06. The van der Waals surface area contributed by atoms with Crippen molar-refractivity contribution in [1.29, 1.82) is 0 Å². The summed E-state index contributed by atoms with van der Waals surface area (Å²) >= 11 is 6.25. The third-order valence-corrected chi connectivity index (χ3v) is 3.12. The molecule has 0 fully saturated rings. The molecule has 0 saturated carbocycles. The van der Waals surface area contributed by atoms with Crippen LogP contribution in [0.25, 0.3) is 0 Å². The van der Waals surface area contributed by atoms with Crippen LogP contribution >= 0.6 is 11.6 Å². The van der Waals surface area contributed by atoms with Crippen LogP contribution < -0.4 is 5.32 Å². The first kappa shape index (κ1) is 12.1. The lowest BCUT2D eigenvalue weighted by atomic mass is 10.0. The highest BCUT2D eigenvalue weighted by molar-refractivity contribution is 6.31. The summed E-state index contributed by atoms with van der Waals surface area (Å²) in [6.45, 7) is 2.96. The van der Waals surface area contributed by atoms with Gasteiger partial charge in [0.25, 0.3) is 0 Å². The summed E-state index contributed by atoms with van der Waals surface area (Å²) in [6, 6.07) is 7.99. The Labute approximate surface area is 106 Å². The van der Waals surface area contributed by atoms with Crippen molar-refractivity contribution < 1.29 is 0 Å². The van der Waals surface area contributed by atoms with Crippen LogP contribution in [0, 0.1) is 0 Å². The number of aromatic nitrogens is 2. The van der Waals surface area contributed by atoms with Crippen molar-refractivity contribution >= 4 is 11.6 Å². The van der Waals surface area contributed by atoms with E-state index in [2.05, 4.69) is 17.2 Å². The van der Waals surface area contributed by atoms with Gasteiger partial charge in [-0.3, -0.25) is 0 Å². The average molecular weight is 250 g/mol. The fraction of sp³-hybridized carbons (Fsp3) is 0.308. The minimum absolute atomic E-state index is 0.0844. The standard InChI is InChI=1S/C13H16ClN3/c1-3-16-13(12-8-15-9-17(12)2)10-6-4-5-7-11(10)14/h4-9,13,16H,3H2,1-2H3. The molecule has 0 aliphatic rings. The third-order valence-electron chi connectivity index (χ3n) is 2.77. The van der Waals surface area contributed by atoms with Crippen LogP contribution in [0.5, 0.6) is 0 Å². The van der Waals surface area contributed by atoms with E-state index in [1.165, 1.54) is 0 Å². The van der Waals surface area contributed by atoms with Crippen molar-refractivity contribution in [3.63, 3.8) is 0 Å². The summed E-state index contributed by atoms with van der Waals surface area (Å²) in [5.74, 6) is 0. The Kier molecular flexibility index (Phi) is 3.82. The molecule has 0 spiro atoms. The first-order chi connectivity index (χ1) is 8.24. The molecule has 0 aliphatic carbocycles. The van der Waals surface area contributed by atoms with Crippen molar-refractivity contribution in [2.75, 3.05) is 6.54 Å². The van der Waals surface area contributed by atoms with E-state index in [0.717, 1.165) is 22.8 Å². The van der Waals surface area contributed by atoms with Crippen LogP contribution in [0.1, 0.15) is 24.2 Å². The Morgan fingerprint density at radius 1 is 1.41 bits per heavy atom. The molecule has 3 nitrogen and oxygen atoms in total. The molecule has 0 amide bonds. The minimum Gasteiger partial charge on any atom is -0.336 e. The zero-order valence-corrected chi connectivity index (χ0v) is 10.8. The molecule has 1 N–H and O–H groups in total. The topological polar surface area (TPSA) is 29.9 Å². The van der Waals surface area contributed by atoms with E-state index in [-0.39, 0.29) is 6.04 Å². The zero-order chi connectivity index (χ0) is 12.3. The molecule has 1 unspecified atom stereocenters. The molecule has 0 aliphatic heterocycles. The molecule has 1 aromatic heterocycles. The summed E-state index contributed by atoms with van der Waals surface area (Å²) < 4.78 is 2.01. The molecule has 0 bridgehead atoms. The normalized spacial score (nSPS) is 12.6. The number of rotatable bonds is 4. The molecular formula is C13H16ClN3. The number of imidazole rings is 1. The first-order valence-electron chi connectivity index (χ1n) is 5.68. The highest BCUT2D eigenvalue weighted by Crippen LogP contribution is 2.27. The number of hydrogen-bond acceptors (Lipinski definition) is 2. The van der Waals surface area contributed by atoms with Gasteiger partial charge in [-0.15, -0.1) is 0 Å². The molecule has 2 rings (SSSR count). The maximum atomic E-state index is 6.25. The van der Waals surface area contributed by atoms with Gasteiger partial charge in [-0.05, 0) is 18.2 Å². The Bertz CT molecular complexity index is 493. The number of benzene rings is 1. The molecule has 1 aromatic carbocycles. The van der Waals surface area contributed by atoms with Crippen LogP contribution in [0.4, 0.5) is 0 Å². The fourth-order valence-electron chi connectivity index (χ4n) is 1.93. The van der Waals surface area contributed by atoms with E-state index in [4.69, 9.17) is 11.6 Å². The van der Waals surface area contributed by atoms with Crippen molar-refractivity contribution in [3.8, 4) is 0 Å². The van der Waals surface area contributed by atoms with Gasteiger partial charge in [-0.25, -0.2) is 4.98 Å². The summed E-state index contributed by atoms with van der Waals surface area (Å²) in [6.07, 6.45) is 3.67. The molecule has 17 heavy (non-hydrogen) atoms. The predicted octanol–water partition coefficient (Wildman–Crippen LogP) is 2.77. The van der Waals surface area contributed by atoms with Crippen molar-refractivity contribution in [3.05, 3.63) is 53.1 Å². The van der Waals surface area contributed by atoms with E-state index in [9.17, 15) is 0 Å². The third kappa shape index (κ3) is 2.51. The second-order valence-electron chi connectivity index (χ2n) is 3.94. The summed E-state index contributed by atoms with van der Waals surface area (Å²) in [5.41, 5.74) is 2.19. The van der Waals surface area contributed by atoms with Crippen LogP contribution in [-0.4, -0.2) is 16.1 Å². The van der Waals surface area contributed by atoms with Gasteiger partial charge in [-0.2, -0.15) is 0 Å². The van der Waals surface area contributed by atoms with Crippen LogP contribution in [0.15, 0.2) is 36.8 Å². The smallest absolute Gasteiger partial charge is 0.0946 e. The number of nitrogens with one attached hydrogen (secondary N) is 1. The minimum atomic E-state index is 0.0844. The van der Waals surface area contributed by atoms with Gasteiger partial charge >= 0.3 is 0 Å². The summed E-state index contributed by atoms with van der Waals surface area (Å²) in [4.78, 5) is 4.16. The SMILES string of the molecule is CCNC(c1ccccc1Cl)c1cncn1C. The maximum Gasteiger partial charge on any atom is 0.0946 e. The number of halogens is 1. The number of aryl methyl sites for hydroxylation is 1. The molecule has 0 saturated heterocycles. The molecule has 1 heterocycles. The largest absolute Gasteiger partial charge is 0.336 e. The summed E-state index contributed by atoms with van der Waals surface area (Å²) in [7, 11) is 1.99. The highest BCUT2D eigenvalue weighted by Gasteiger charge is 2.18. The molecule has 4 heteroatoms.